The fourth-order valence-electron chi connectivity index (χ4n) is 1.13. The minimum Gasteiger partial charge on any atom is -0.359 e. The summed E-state index contributed by atoms with van der Waals surface area (Å²) in [4.78, 5) is 15.4. The molecular formula is C10H12N4OS. The molecule has 1 aromatic heterocycles. The Labute approximate surface area is 98.6 Å². The highest BCUT2D eigenvalue weighted by atomic mass is 32.1. The van der Waals surface area contributed by atoms with Gasteiger partial charge < -0.3 is 5.32 Å². The normalized spacial score (nSPS) is 14.0. The molecule has 0 atom stereocenters. The Bertz CT molecular complexity index is 391. The van der Waals surface area contributed by atoms with E-state index in [1.807, 2.05) is 0 Å². The van der Waals surface area contributed by atoms with E-state index in [1.54, 1.807) is 18.3 Å². The summed E-state index contributed by atoms with van der Waals surface area (Å²) in [6.07, 6.45) is 5.38. The van der Waals surface area contributed by atoms with Crippen LogP contribution in [-0.4, -0.2) is 22.0 Å². The van der Waals surface area contributed by atoms with Crippen molar-refractivity contribution in [3.8, 4) is 0 Å². The number of hydrogen-bond donors (Lipinski definition) is 3. The Morgan fingerprint density at radius 3 is 2.88 bits per heavy atom. The summed E-state index contributed by atoms with van der Waals surface area (Å²) in [7, 11) is 0. The third kappa shape index (κ3) is 3.16. The van der Waals surface area contributed by atoms with Gasteiger partial charge in [-0.3, -0.25) is 20.6 Å². The Hall–Kier alpha value is -1.69. The SMILES string of the molecule is O=C(NNC(=S)NC1CC1)c1cccnc1. The molecule has 1 fully saturated rings. The smallest absolute Gasteiger partial charge is 0.271 e. The van der Waals surface area contributed by atoms with Crippen molar-refractivity contribution in [3.05, 3.63) is 30.1 Å². The van der Waals surface area contributed by atoms with E-state index in [-0.39, 0.29) is 5.91 Å². The average Bonchev–Trinajstić information content (AvgIpc) is 3.11. The summed E-state index contributed by atoms with van der Waals surface area (Å²) in [5.74, 6) is -0.256. The van der Waals surface area contributed by atoms with Crippen molar-refractivity contribution in [2.24, 2.45) is 0 Å². The van der Waals surface area contributed by atoms with Gasteiger partial charge in [0.25, 0.3) is 5.91 Å². The molecule has 0 spiro atoms. The Morgan fingerprint density at radius 2 is 2.25 bits per heavy atom. The summed E-state index contributed by atoms with van der Waals surface area (Å²) in [6, 6.07) is 3.85. The highest BCUT2D eigenvalue weighted by molar-refractivity contribution is 7.80. The number of aromatic nitrogens is 1. The van der Waals surface area contributed by atoms with E-state index in [2.05, 4.69) is 21.2 Å². The predicted octanol–water partition coefficient (Wildman–Crippen LogP) is 0.353. The number of pyridine rings is 1. The van der Waals surface area contributed by atoms with E-state index in [9.17, 15) is 4.79 Å². The van der Waals surface area contributed by atoms with Crippen molar-refractivity contribution in [1.29, 1.82) is 0 Å². The molecule has 84 valence electrons. The first kappa shape index (κ1) is 10.8. The van der Waals surface area contributed by atoms with E-state index in [4.69, 9.17) is 12.2 Å². The van der Waals surface area contributed by atoms with E-state index in [1.165, 1.54) is 6.20 Å². The van der Waals surface area contributed by atoms with Crippen molar-refractivity contribution >= 4 is 23.2 Å². The molecule has 1 aromatic rings. The number of hydrazine groups is 1. The van der Waals surface area contributed by atoms with Crippen molar-refractivity contribution in [2.45, 2.75) is 18.9 Å². The highest BCUT2D eigenvalue weighted by Gasteiger charge is 2.21. The van der Waals surface area contributed by atoms with Gasteiger partial charge in [-0.1, -0.05) is 0 Å². The first-order valence-electron chi connectivity index (χ1n) is 5.02. The van der Waals surface area contributed by atoms with Crippen LogP contribution in [0.3, 0.4) is 0 Å². The second-order valence-corrected chi connectivity index (χ2v) is 3.98. The van der Waals surface area contributed by atoms with Gasteiger partial charge >= 0.3 is 0 Å². The summed E-state index contributed by atoms with van der Waals surface area (Å²) >= 11 is 4.99. The summed E-state index contributed by atoms with van der Waals surface area (Å²) in [5, 5.41) is 3.49. The lowest BCUT2D eigenvalue weighted by atomic mass is 10.3. The van der Waals surface area contributed by atoms with E-state index in [0.29, 0.717) is 16.7 Å². The molecule has 0 unspecified atom stereocenters. The molecule has 1 saturated carbocycles. The van der Waals surface area contributed by atoms with Crippen LogP contribution in [0.4, 0.5) is 0 Å². The summed E-state index contributed by atoms with van der Waals surface area (Å²) < 4.78 is 0. The van der Waals surface area contributed by atoms with Crippen LogP contribution in [0.25, 0.3) is 0 Å². The molecule has 16 heavy (non-hydrogen) atoms. The van der Waals surface area contributed by atoms with Crippen LogP contribution >= 0.6 is 12.2 Å². The maximum Gasteiger partial charge on any atom is 0.271 e. The molecule has 3 N–H and O–H groups in total. The van der Waals surface area contributed by atoms with Gasteiger partial charge in [-0.2, -0.15) is 0 Å². The number of amides is 1. The molecule has 1 heterocycles. The molecule has 1 aliphatic rings. The first-order valence-corrected chi connectivity index (χ1v) is 5.43. The molecule has 0 aromatic carbocycles. The summed E-state index contributed by atoms with van der Waals surface area (Å²) in [5.41, 5.74) is 5.63. The number of nitrogens with zero attached hydrogens (tertiary/aromatic N) is 1. The van der Waals surface area contributed by atoms with Crippen LogP contribution < -0.4 is 16.2 Å². The Balaban J connectivity index is 1.77. The van der Waals surface area contributed by atoms with Crippen molar-refractivity contribution in [3.63, 3.8) is 0 Å². The molecule has 6 heteroatoms. The lowest BCUT2D eigenvalue weighted by Gasteiger charge is -2.10. The van der Waals surface area contributed by atoms with Crippen LogP contribution in [0.1, 0.15) is 23.2 Å². The number of rotatable bonds is 2. The number of hydrogen-bond acceptors (Lipinski definition) is 3. The maximum atomic E-state index is 11.5. The van der Waals surface area contributed by atoms with Crippen LogP contribution in [0.5, 0.6) is 0 Å². The third-order valence-corrected chi connectivity index (χ3v) is 2.35. The topological polar surface area (TPSA) is 66.1 Å². The van der Waals surface area contributed by atoms with Gasteiger partial charge in [-0.05, 0) is 37.2 Å². The lowest BCUT2D eigenvalue weighted by molar-refractivity contribution is 0.0943. The van der Waals surface area contributed by atoms with Gasteiger partial charge in [-0.15, -0.1) is 0 Å². The number of nitrogens with one attached hydrogen (secondary N) is 3. The zero-order valence-electron chi connectivity index (χ0n) is 8.56. The van der Waals surface area contributed by atoms with Gasteiger partial charge in [0.1, 0.15) is 0 Å². The van der Waals surface area contributed by atoms with E-state index < -0.39 is 0 Å². The van der Waals surface area contributed by atoms with Crippen molar-refractivity contribution < 1.29 is 4.79 Å². The van der Waals surface area contributed by atoms with Gasteiger partial charge in [0.2, 0.25) is 0 Å². The molecule has 0 bridgehead atoms. The van der Waals surface area contributed by atoms with Crippen LogP contribution in [0, 0.1) is 0 Å². The Morgan fingerprint density at radius 1 is 1.44 bits per heavy atom. The van der Waals surface area contributed by atoms with Crippen LogP contribution in [-0.2, 0) is 0 Å². The third-order valence-electron chi connectivity index (χ3n) is 2.13. The molecule has 0 radical (unpaired) electrons. The first-order chi connectivity index (χ1) is 7.75. The van der Waals surface area contributed by atoms with Gasteiger partial charge in [0, 0.05) is 18.4 Å². The van der Waals surface area contributed by atoms with Gasteiger partial charge in [-0.25, -0.2) is 0 Å². The van der Waals surface area contributed by atoms with E-state index in [0.717, 1.165) is 12.8 Å². The molecule has 0 aliphatic heterocycles. The monoisotopic (exact) mass is 236 g/mol. The maximum absolute atomic E-state index is 11.5. The molecule has 1 aliphatic carbocycles. The minimum absolute atomic E-state index is 0.256. The van der Waals surface area contributed by atoms with Gasteiger partial charge in [0.05, 0.1) is 5.56 Å². The van der Waals surface area contributed by atoms with Crippen LogP contribution in [0.2, 0.25) is 0 Å². The van der Waals surface area contributed by atoms with Crippen molar-refractivity contribution in [1.82, 2.24) is 21.2 Å². The molecule has 1 amide bonds. The number of carbonyl (C=O) groups is 1. The Kier molecular flexibility index (Phi) is 3.31. The summed E-state index contributed by atoms with van der Waals surface area (Å²) in [6.45, 7) is 0. The van der Waals surface area contributed by atoms with Crippen LogP contribution in [0.15, 0.2) is 24.5 Å². The molecule has 0 saturated heterocycles. The quantitative estimate of drug-likeness (QED) is 0.511. The van der Waals surface area contributed by atoms with Gasteiger partial charge in [0.15, 0.2) is 5.11 Å². The number of carbonyl (C=O) groups excluding carboxylic acids is 1. The second kappa shape index (κ2) is 4.89. The largest absolute Gasteiger partial charge is 0.359 e. The fourth-order valence-corrected chi connectivity index (χ4v) is 1.35. The minimum atomic E-state index is -0.256. The fraction of sp³-hybridized carbons (Fsp3) is 0.300. The highest BCUT2D eigenvalue weighted by Crippen LogP contribution is 2.18. The average molecular weight is 236 g/mol. The molecule has 2 rings (SSSR count). The molecule has 5 nitrogen and oxygen atoms in total. The zero-order valence-corrected chi connectivity index (χ0v) is 9.38. The zero-order chi connectivity index (χ0) is 11.4. The van der Waals surface area contributed by atoms with Crippen molar-refractivity contribution in [2.75, 3.05) is 0 Å². The molecular weight excluding hydrogens is 224 g/mol. The van der Waals surface area contributed by atoms with E-state index >= 15 is 0 Å². The second-order valence-electron chi connectivity index (χ2n) is 3.57. The predicted molar refractivity (Wildman–Crippen MR) is 63.6 cm³/mol. The number of thiocarbonyl (C=S) groups is 1. The standard InChI is InChI=1S/C10H12N4OS/c15-9(7-2-1-5-11-6-7)13-14-10(16)12-8-3-4-8/h1-2,5-6,8H,3-4H2,(H,13,15)(H2,12,14,16). The lowest BCUT2D eigenvalue weighted by Crippen LogP contribution is -2.47.